The Bertz CT molecular complexity index is 614. The zero-order valence-electron chi connectivity index (χ0n) is 10.8. The third-order valence-corrected chi connectivity index (χ3v) is 3.46. The van der Waals surface area contributed by atoms with E-state index in [1.54, 1.807) is 12.1 Å². The van der Waals surface area contributed by atoms with Crippen molar-refractivity contribution in [3.05, 3.63) is 56.1 Å². The van der Waals surface area contributed by atoms with Gasteiger partial charge in [0.15, 0.2) is 0 Å². The Morgan fingerprint density at radius 2 is 1.85 bits per heavy atom. The maximum atomic E-state index is 10.8. The molecule has 1 N–H and O–H groups in total. The highest BCUT2D eigenvalue weighted by Gasteiger charge is 2.11. The normalized spacial score (nSPS) is 10.1. The van der Waals surface area contributed by atoms with E-state index in [9.17, 15) is 10.1 Å². The van der Waals surface area contributed by atoms with Gasteiger partial charge in [-0.15, -0.1) is 0 Å². The molecule has 2 aromatic carbocycles. The molecule has 0 unspecified atom stereocenters. The molecule has 0 aliphatic carbocycles. The highest BCUT2D eigenvalue weighted by molar-refractivity contribution is 14.1. The zero-order chi connectivity index (χ0) is 14.5. The van der Waals surface area contributed by atoms with Gasteiger partial charge >= 0.3 is 0 Å². The fourth-order valence-electron chi connectivity index (χ4n) is 1.70. The Kier molecular flexibility index (Phi) is 4.78. The van der Waals surface area contributed by atoms with E-state index in [2.05, 4.69) is 5.32 Å². The molecule has 0 atom stereocenters. The fraction of sp³-hybridized carbons (Fsp3) is 0.143. The third kappa shape index (κ3) is 3.60. The van der Waals surface area contributed by atoms with Gasteiger partial charge in [-0.1, -0.05) is 0 Å². The number of nitrogens with zero attached hydrogens (tertiary/aromatic N) is 1. The lowest BCUT2D eigenvalue weighted by atomic mass is 10.2. The lowest BCUT2D eigenvalue weighted by Crippen LogP contribution is -1.95. The molecule has 0 aliphatic rings. The maximum Gasteiger partial charge on any atom is 0.282 e. The topological polar surface area (TPSA) is 64.4 Å². The molecule has 5 nitrogen and oxygen atoms in total. The van der Waals surface area contributed by atoms with Gasteiger partial charge in [0.05, 0.1) is 15.1 Å². The van der Waals surface area contributed by atoms with E-state index in [0.29, 0.717) is 10.2 Å². The predicted molar refractivity (Wildman–Crippen MR) is 86.7 cm³/mol. The molecule has 0 saturated carbocycles. The van der Waals surface area contributed by atoms with Gasteiger partial charge in [0.1, 0.15) is 5.75 Å². The van der Waals surface area contributed by atoms with Crippen molar-refractivity contribution in [3.8, 4) is 5.75 Å². The lowest BCUT2D eigenvalue weighted by Gasteiger charge is -2.08. The van der Waals surface area contributed by atoms with Gasteiger partial charge in [0, 0.05) is 17.4 Å². The molecule has 0 aliphatic heterocycles. The van der Waals surface area contributed by atoms with Crippen molar-refractivity contribution in [3.63, 3.8) is 0 Å². The molecule has 2 rings (SSSR count). The first-order chi connectivity index (χ1) is 9.60. The van der Waals surface area contributed by atoms with E-state index >= 15 is 0 Å². The number of nitro groups is 1. The van der Waals surface area contributed by atoms with Crippen LogP contribution in [0.25, 0.3) is 0 Å². The monoisotopic (exact) mass is 384 g/mol. The SMILES string of the molecule is CCOc1ccc(Nc2ccc([N+](=O)[O-])c(I)c2)cc1. The maximum absolute atomic E-state index is 10.8. The summed E-state index contributed by atoms with van der Waals surface area (Å²) in [5, 5.41) is 14.0. The van der Waals surface area contributed by atoms with Crippen LogP contribution in [0.4, 0.5) is 17.1 Å². The summed E-state index contributed by atoms with van der Waals surface area (Å²) in [6.45, 7) is 2.57. The van der Waals surface area contributed by atoms with Crippen LogP contribution in [0, 0.1) is 13.7 Å². The summed E-state index contributed by atoms with van der Waals surface area (Å²) < 4.78 is 5.97. The van der Waals surface area contributed by atoms with Crippen molar-refractivity contribution >= 4 is 39.7 Å². The van der Waals surface area contributed by atoms with Crippen LogP contribution in [0.1, 0.15) is 6.92 Å². The number of benzene rings is 2. The minimum Gasteiger partial charge on any atom is -0.494 e. The number of nitrogens with one attached hydrogen (secondary N) is 1. The summed E-state index contributed by atoms with van der Waals surface area (Å²) in [4.78, 5) is 10.4. The molecule has 104 valence electrons. The molecule has 0 fully saturated rings. The van der Waals surface area contributed by atoms with Gasteiger partial charge in [-0.3, -0.25) is 10.1 Å². The first-order valence-electron chi connectivity index (χ1n) is 6.04. The molecule has 0 heterocycles. The van der Waals surface area contributed by atoms with Crippen LogP contribution in [0.5, 0.6) is 5.75 Å². The molecule has 0 amide bonds. The smallest absolute Gasteiger partial charge is 0.282 e. The van der Waals surface area contributed by atoms with Crippen molar-refractivity contribution in [1.29, 1.82) is 0 Å². The van der Waals surface area contributed by atoms with Gasteiger partial charge in [0.2, 0.25) is 0 Å². The van der Waals surface area contributed by atoms with Crippen LogP contribution >= 0.6 is 22.6 Å². The van der Waals surface area contributed by atoms with Gasteiger partial charge in [-0.05, 0) is 65.9 Å². The summed E-state index contributed by atoms with van der Waals surface area (Å²) in [5.41, 5.74) is 1.82. The van der Waals surface area contributed by atoms with Crippen LogP contribution in [0.3, 0.4) is 0 Å². The molecular weight excluding hydrogens is 371 g/mol. The van der Waals surface area contributed by atoms with Gasteiger partial charge in [-0.25, -0.2) is 0 Å². The second-order valence-electron chi connectivity index (χ2n) is 4.01. The van der Waals surface area contributed by atoms with Crippen LogP contribution in [-0.4, -0.2) is 11.5 Å². The molecule has 20 heavy (non-hydrogen) atoms. The molecule has 0 spiro atoms. The first-order valence-corrected chi connectivity index (χ1v) is 7.12. The van der Waals surface area contributed by atoms with E-state index in [4.69, 9.17) is 4.74 Å². The van der Waals surface area contributed by atoms with Gasteiger partial charge in [-0.2, -0.15) is 0 Å². The molecule has 0 saturated heterocycles. The van der Waals surface area contributed by atoms with E-state index in [1.807, 2.05) is 53.8 Å². The number of ether oxygens (including phenoxy) is 1. The molecular formula is C14H13IN2O3. The van der Waals surface area contributed by atoms with E-state index < -0.39 is 0 Å². The largest absolute Gasteiger partial charge is 0.494 e. The standard InChI is InChI=1S/C14H13IN2O3/c1-2-20-12-6-3-10(4-7-12)16-11-5-8-14(17(18)19)13(15)9-11/h3-9,16H,2H2,1H3. The number of hydrogen-bond acceptors (Lipinski definition) is 4. The van der Waals surface area contributed by atoms with Crippen LogP contribution < -0.4 is 10.1 Å². The molecule has 0 radical (unpaired) electrons. The van der Waals surface area contributed by atoms with Crippen molar-refractivity contribution in [1.82, 2.24) is 0 Å². The molecule has 0 aromatic heterocycles. The first kappa shape index (κ1) is 14.6. The van der Waals surface area contributed by atoms with Crippen molar-refractivity contribution in [2.75, 3.05) is 11.9 Å². The Hall–Kier alpha value is -1.83. The highest BCUT2D eigenvalue weighted by atomic mass is 127. The third-order valence-electron chi connectivity index (χ3n) is 2.60. The van der Waals surface area contributed by atoms with E-state index in [-0.39, 0.29) is 10.6 Å². The van der Waals surface area contributed by atoms with Gasteiger partial charge in [0.25, 0.3) is 5.69 Å². The molecule has 0 bridgehead atoms. The Labute approximate surface area is 130 Å². The quantitative estimate of drug-likeness (QED) is 0.473. The Morgan fingerprint density at radius 1 is 1.20 bits per heavy atom. The summed E-state index contributed by atoms with van der Waals surface area (Å²) in [6.07, 6.45) is 0. The summed E-state index contributed by atoms with van der Waals surface area (Å²) in [6, 6.07) is 12.5. The fourth-order valence-corrected chi connectivity index (χ4v) is 2.41. The Morgan fingerprint density at radius 3 is 2.40 bits per heavy atom. The molecule has 2 aromatic rings. The van der Waals surface area contributed by atoms with E-state index in [0.717, 1.165) is 17.1 Å². The average Bonchev–Trinajstić information content (AvgIpc) is 2.41. The average molecular weight is 384 g/mol. The second kappa shape index (κ2) is 6.56. The Balaban J connectivity index is 2.13. The zero-order valence-corrected chi connectivity index (χ0v) is 13.0. The predicted octanol–water partition coefficient (Wildman–Crippen LogP) is 4.34. The summed E-state index contributed by atoms with van der Waals surface area (Å²) in [7, 11) is 0. The summed E-state index contributed by atoms with van der Waals surface area (Å²) >= 11 is 1.96. The van der Waals surface area contributed by atoms with Crippen molar-refractivity contribution in [2.24, 2.45) is 0 Å². The number of rotatable bonds is 5. The number of halogens is 1. The van der Waals surface area contributed by atoms with Crippen LogP contribution in [0.2, 0.25) is 0 Å². The minimum absolute atomic E-state index is 0.114. The van der Waals surface area contributed by atoms with E-state index in [1.165, 1.54) is 6.07 Å². The highest BCUT2D eigenvalue weighted by Crippen LogP contribution is 2.26. The lowest BCUT2D eigenvalue weighted by molar-refractivity contribution is -0.385. The summed E-state index contributed by atoms with van der Waals surface area (Å²) in [5.74, 6) is 0.816. The van der Waals surface area contributed by atoms with Crippen molar-refractivity contribution in [2.45, 2.75) is 6.92 Å². The second-order valence-corrected chi connectivity index (χ2v) is 5.17. The number of anilines is 2. The number of hydrogen-bond donors (Lipinski definition) is 1. The molecule has 6 heteroatoms. The van der Waals surface area contributed by atoms with Crippen LogP contribution in [0.15, 0.2) is 42.5 Å². The minimum atomic E-state index is -0.386. The van der Waals surface area contributed by atoms with Crippen molar-refractivity contribution < 1.29 is 9.66 Å². The van der Waals surface area contributed by atoms with Gasteiger partial charge < -0.3 is 10.1 Å². The number of nitro benzene ring substituents is 1. The van der Waals surface area contributed by atoms with Crippen LogP contribution in [-0.2, 0) is 0 Å².